The van der Waals surface area contributed by atoms with E-state index in [1.807, 2.05) is 17.5 Å². The van der Waals surface area contributed by atoms with Gasteiger partial charge in [0.05, 0.1) is 6.61 Å². The molecule has 0 fully saturated rings. The van der Waals surface area contributed by atoms with Gasteiger partial charge in [0.1, 0.15) is 0 Å². The summed E-state index contributed by atoms with van der Waals surface area (Å²) < 4.78 is 2.36. The predicted octanol–water partition coefficient (Wildman–Crippen LogP) is 3.29. The average Bonchev–Trinajstić information content (AvgIpc) is 2.50. The SMILES string of the molecule is OCc1ccc2c(S)csc2c1I. The van der Waals surface area contributed by atoms with E-state index in [-0.39, 0.29) is 6.61 Å². The van der Waals surface area contributed by atoms with E-state index in [1.165, 1.54) is 10.1 Å². The first kappa shape index (κ1) is 9.76. The Kier molecular flexibility index (Phi) is 2.83. The first-order chi connectivity index (χ1) is 6.24. The number of hydrogen-bond donors (Lipinski definition) is 2. The van der Waals surface area contributed by atoms with Crippen molar-refractivity contribution in [2.45, 2.75) is 11.5 Å². The molecule has 0 unspecified atom stereocenters. The van der Waals surface area contributed by atoms with Crippen LogP contribution >= 0.6 is 46.6 Å². The largest absolute Gasteiger partial charge is 0.392 e. The highest BCUT2D eigenvalue weighted by atomic mass is 127. The highest BCUT2D eigenvalue weighted by Gasteiger charge is 2.07. The summed E-state index contributed by atoms with van der Waals surface area (Å²) in [4.78, 5) is 1.02. The van der Waals surface area contributed by atoms with E-state index in [0.29, 0.717) is 0 Å². The molecule has 0 aliphatic rings. The summed E-state index contributed by atoms with van der Waals surface area (Å²) in [5.74, 6) is 0. The van der Waals surface area contributed by atoms with Crippen molar-refractivity contribution in [2.75, 3.05) is 0 Å². The van der Waals surface area contributed by atoms with Crippen LogP contribution in [-0.2, 0) is 6.61 Å². The molecule has 13 heavy (non-hydrogen) atoms. The molecule has 1 aromatic heterocycles. The van der Waals surface area contributed by atoms with Gasteiger partial charge in [-0.25, -0.2) is 0 Å². The molecule has 1 N–H and O–H groups in total. The number of thiophene rings is 1. The molecule has 68 valence electrons. The van der Waals surface area contributed by atoms with Crippen molar-refractivity contribution in [3.63, 3.8) is 0 Å². The fourth-order valence-corrected chi connectivity index (χ4v) is 3.55. The molecule has 1 nitrogen and oxygen atoms in total. The fraction of sp³-hybridized carbons (Fsp3) is 0.111. The molecule has 0 atom stereocenters. The van der Waals surface area contributed by atoms with Crippen molar-refractivity contribution in [1.29, 1.82) is 0 Å². The molecule has 0 bridgehead atoms. The maximum Gasteiger partial charge on any atom is 0.0692 e. The molecule has 4 heteroatoms. The van der Waals surface area contributed by atoms with Gasteiger partial charge in [0, 0.05) is 23.9 Å². The van der Waals surface area contributed by atoms with Crippen molar-refractivity contribution < 1.29 is 5.11 Å². The van der Waals surface area contributed by atoms with E-state index in [9.17, 15) is 0 Å². The highest BCUT2D eigenvalue weighted by Crippen LogP contribution is 2.33. The Balaban J connectivity index is 2.80. The van der Waals surface area contributed by atoms with Gasteiger partial charge in [0.2, 0.25) is 0 Å². The summed E-state index contributed by atoms with van der Waals surface area (Å²) in [6.07, 6.45) is 0. The molecule has 0 radical (unpaired) electrons. The van der Waals surface area contributed by atoms with Crippen LogP contribution in [0.3, 0.4) is 0 Å². The summed E-state index contributed by atoms with van der Waals surface area (Å²) in [6.45, 7) is 0.105. The summed E-state index contributed by atoms with van der Waals surface area (Å²) >= 11 is 8.30. The minimum atomic E-state index is 0.105. The van der Waals surface area contributed by atoms with E-state index in [0.717, 1.165) is 14.0 Å². The maximum absolute atomic E-state index is 9.07. The number of thiol groups is 1. The zero-order chi connectivity index (χ0) is 9.42. The topological polar surface area (TPSA) is 20.2 Å². The second kappa shape index (κ2) is 3.76. The molecule has 0 saturated heterocycles. The van der Waals surface area contributed by atoms with Crippen LogP contribution in [0.4, 0.5) is 0 Å². The van der Waals surface area contributed by atoms with Gasteiger partial charge in [-0.3, -0.25) is 0 Å². The van der Waals surface area contributed by atoms with Crippen LogP contribution in [0, 0.1) is 3.57 Å². The summed E-state index contributed by atoms with van der Waals surface area (Å²) in [7, 11) is 0. The standard InChI is InChI=1S/C9H7IOS2/c10-8-5(3-11)1-2-6-7(12)4-13-9(6)8/h1-2,4,11-12H,3H2. The Morgan fingerprint density at radius 2 is 2.23 bits per heavy atom. The normalized spacial score (nSPS) is 11.0. The van der Waals surface area contributed by atoms with E-state index in [2.05, 4.69) is 35.2 Å². The fourth-order valence-electron chi connectivity index (χ4n) is 1.21. The first-order valence-electron chi connectivity index (χ1n) is 3.72. The lowest BCUT2D eigenvalue weighted by Crippen LogP contribution is -1.87. The zero-order valence-corrected chi connectivity index (χ0v) is 10.5. The lowest BCUT2D eigenvalue weighted by atomic mass is 10.2. The van der Waals surface area contributed by atoms with Gasteiger partial charge in [0.15, 0.2) is 0 Å². The second-order valence-corrected chi connectivity index (χ2v) is 5.13. The summed E-state index contributed by atoms with van der Waals surface area (Å²) in [5.41, 5.74) is 0.989. The first-order valence-corrected chi connectivity index (χ1v) is 6.13. The van der Waals surface area contributed by atoms with E-state index in [4.69, 9.17) is 5.11 Å². The average molecular weight is 322 g/mol. The van der Waals surface area contributed by atoms with Crippen LogP contribution in [0.15, 0.2) is 22.4 Å². The molecule has 0 aliphatic heterocycles. The monoisotopic (exact) mass is 322 g/mol. The minimum Gasteiger partial charge on any atom is -0.392 e. The lowest BCUT2D eigenvalue weighted by Gasteiger charge is -2.01. The summed E-state index contributed by atoms with van der Waals surface area (Å²) in [6, 6.07) is 3.97. The highest BCUT2D eigenvalue weighted by molar-refractivity contribution is 14.1. The maximum atomic E-state index is 9.07. The second-order valence-electron chi connectivity index (χ2n) is 2.69. The molecular formula is C9H7IOS2. The van der Waals surface area contributed by atoms with Gasteiger partial charge in [-0.1, -0.05) is 12.1 Å². The zero-order valence-electron chi connectivity index (χ0n) is 6.62. The van der Waals surface area contributed by atoms with Gasteiger partial charge < -0.3 is 5.11 Å². The van der Waals surface area contributed by atoms with E-state index in [1.54, 1.807) is 11.3 Å². The molecule has 1 aromatic carbocycles. The number of rotatable bonds is 1. The Morgan fingerprint density at radius 1 is 1.46 bits per heavy atom. The third-order valence-corrected chi connectivity index (χ3v) is 5.07. The summed E-state index contributed by atoms with van der Waals surface area (Å²) in [5, 5.41) is 12.3. The van der Waals surface area contributed by atoms with Crippen LogP contribution in [0.25, 0.3) is 10.1 Å². The molecule has 2 aromatic rings. The minimum absolute atomic E-state index is 0.105. The Bertz CT molecular complexity index is 450. The third-order valence-electron chi connectivity index (χ3n) is 1.91. The quantitative estimate of drug-likeness (QED) is 0.610. The smallest absolute Gasteiger partial charge is 0.0692 e. The molecular weight excluding hydrogens is 315 g/mol. The van der Waals surface area contributed by atoms with E-state index < -0.39 is 0 Å². The van der Waals surface area contributed by atoms with Crippen LogP contribution in [0.5, 0.6) is 0 Å². The van der Waals surface area contributed by atoms with Gasteiger partial charge in [-0.05, 0) is 28.2 Å². The van der Waals surface area contributed by atoms with Crippen LogP contribution in [0.1, 0.15) is 5.56 Å². The number of hydrogen-bond acceptors (Lipinski definition) is 3. The van der Waals surface area contributed by atoms with Gasteiger partial charge in [-0.2, -0.15) is 0 Å². The molecule has 2 rings (SSSR count). The van der Waals surface area contributed by atoms with Crippen molar-refractivity contribution >= 4 is 56.6 Å². The van der Waals surface area contributed by atoms with Crippen LogP contribution < -0.4 is 0 Å². The van der Waals surface area contributed by atoms with Crippen LogP contribution in [-0.4, -0.2) is 5.11 Å². The Hall–Kier alpha value is 0.220. The van der Waals surface area contributed by atoms with Gasteiger partial charge in [0.25, 0.3) is 0 Å². The van der Waals surface area contributed by atoms with Gasteiger partial charge >= 0.3 is 0 Å². The predicted molar refractivity (Wildman–Crippen MR) is 67.7 cm³/mol. The van der Waals surface area contributed by atoms with Crippen molar-refractivity contribution in [3.8, 4) is 0 Å². The molecule has 0 amide bonds. The Labute approximate surface area is 99.3 Å². The molecule has 0 saturated carbocycles. The van der Waals surface area contributed by atoms with Crippen molar-refractivity contribution in [3.05, 3.63) is 26.6 Å². The van der Waals surface area contributed by atoms with Crippen molar-refractivity contribution in [2.24, 2.45) is 0 Å². The number of aliphatic hydroxyl groups excluding tert-OH is 1. The number of halogens is 1. The molecule has 0 spiro atoms. The number of benzene rings is 1. The Morgan fingerprint density at radius 3 is 2.92 bits per heavy atom. The van der Waals surface area contributed by atoms with Gasteiger partial charge in [-0.15, -0.1) is 24.0 Å². The number of aliphatic hydroxyl groups is 1. The number of fused-ring (bicyclic) bond motifs is 1. The van der Waals surface area contributed by atoms with Crippen LogP contribution in [0.2, 0.25) is 0 Å². The van der Waals surface area contributed by atoms with Crippen molar-refractivity contribution in [1.82, 2.24) is 0 Å². The van der Waals surface area contributed by atoms with E-state index >= 15 is 0 Å². The third kappa shape index (κ3) is 1.60. The lowest BCUT2D eigenvalue weighted by molar-refractivity contribution is 0.281. The molecule has 0 aliphatic carbocycles. The molecule has 1 heterocycles.